The normalized spacial score (nSPS) is 12.9. The number of primary sulfonamides is 1. The summed E-state index contributed by atoms with van der Waals surface area (Å²) >= 11 is 0. The zero-order valence-electron chi connectivity index (χ0n) is 9.67. The lowest BCUT2D eigenvalue weighted by molar-refractivity contribution is -0.112. The lowest BCUT2D eigenvalue weighted by atomic mass is 10.0. The molecule has 8 heteroatoms. The van der Waals surface area contributed by atoms with Gasteiger partial charge in [0.1, 0.15) is 11.7 Å². The summed E-state index contributed by atoms with van der Waals surface area (Å²) in [6, 6.07) is 4.71. The van der Waals surface area contributed by atoms with Gasteiger partial charge in [-0.25, -0.2) is 23.5 Å². The van der Waals surface area contributed by atoms with Crippen LogP contribution in [-0.2, 0) is 14.8 Å². The van der Waals surface area contributed by atoms with Crippen LogP contribution >= 0.6 is 0 Å². The van der Waals surface area contributed by atoms with E-state index in [1.807, 2.05) is 0 Å². The minimum absolute atomic E-state index is 0.0644. The van der Waals surface area contributed by atoms with Gasteiger partial charge in [0, 0.05) is 24.8 Å². The van der Waals surface area contributed by atoms with Crippen LogP contribution in [-0.4, -0.2) is 28.5 Å². The molecule has 0 bridgehead atoms. The van der Waals surface area contributed by atoms with Crippen LogP contribution in [0.15, 0.2) is 43.0 Å². The van der Waals surface area contributed by atoms with Crippen LogP contribution in [0.1, 0.15) is 17.3 Å². The van der Waals surface area contributed by atoms with Gasteiger partial charge in [-0.3, -0.25) is 9.78 Å². The van der Waals surface area contributed by atoms with Gasteiger partial charge in [-0.05, 0) is 17.7 Å². The van der Waals surface area contributed by atoms with E-state index in [1.165, 1.54) is 24.8 Å². The molecular formula is C11H10N4O3S. The Morgan fingerprint density at radius 1 is 1.16 bits per heavy atom. The van der Waals surface area contributed by atoms with E-state index >= 15 is 0 Å². The van der Waals surface area contributed by atoms with Gasteiger partial charge >= 0.3 is 0 Å². The largest absolute Gasteiger partial charge is 0.279 e. The molecule has 98 valence electrons. The molecule has 0 aliphatic rings. The molecule has 0 aliphatic heterocycles. The maximum Gasteiger partial charge on any atom is 0.276 e. The predicted molar refractivity (Wildman–Crippen MR) is 66.2 cm³/mol. The molecule has 0 radical (unpaired) electrons. The number of carbonyl (C=O) groups is 1. The Kier molecular flexibility index (Phi) is 3.63. The lowest BCUT2D eigenvalue weighted by Gasteiger charge is -2.12. The van der Waals surface area contributed by atoms with Gasteiger partial charge < -0.3 is 0 Å². The van der Waals surface area contributed by atoms with E-state index < -0.39 is 21.1 Å². The molecule has 2 aromatic heterocycles. The summed E-state index contributed by atoms with van der Waals surface area (Å²) in [6.07, 6.45) is 5.72. The standard InChI is InChI=1S/C11H10N4O3S/c12-19(17,18)11(16)9(8-3-1-4-13-7-8)10-14-5-2-6-15-10/h1-7,9H,(H2,12,17,18). The van der Waals surface area contributed by atoms with Crippen molar-refractivity contribution in [3.8, 4) is 0 Å². The Balaban J connectivity index is 2.56. The second-order valence-electron chi connectivity index (χ2n) is 3.69. The number of aromatic nitrogens is 3. The van der Waals surface area contributed by atoms with Gasteiger partial charge in [0.25, 0.3) is 15.1 Å². The number of hydrogen-bond donors (Lipinski definition) is 1. The summed E-state index contributed by atoms with van der Waals surface area (Å²) in [7, 11) is -4.35. The van der Waals surface area contributed by atoms with E-state index in [4.69, 9.17) is 5.14 Å². The third kappa shape index (κ3) is 2.98. The third-order valence-electron chi connectivity index (χ3n) is 2.38. The quantitative estimate of drug-likeness (QED) is 0.832. The average Bonchev–Trinajstić information content (AvgIpc) is 2.40. The Morgan fingerprint density at radius 2 is 1.84 bits per heavy atom. The van der Waals surface area contributed by atoms with Crippen LogP contribution in [0, 0.1) is 0 Å². The minimum atomic E-state index is -4.35. The molecule has 0 aliphatic carbocycles. The molecule has 0 amide bonds. The van der Waals surface area contributed by atoms with Gasteiger partial charge in [0.05, 0.1) is 0 Å². The zero-order chi connectivity index (χ0) is 13.9. The molecule has 2 N–H and O–H groups in total. The number of carbonyl (C=O) groups excluding carboxylic acids is 1. The van der Waals surface area contributed by atoms with Crippen LogP contribution < -0.4 is 5.14 Å². The molecule has 0 aromatic carbocycles. The number of sulfonamides is 1. The predicted octanol–water partition coefficient (Wildman–Crippen LogP) is -0.181. The number of nitrogens with two attached hydrogens (primary N) is 1. The summed E-state index contributed by atoms with van der Waals surface area (Å²) in [5.41, 5.74) is 0.368. The van der Waals surface area contributed by atoms with Crippen molar-refractivity contribution in [1.29, 1.82) is 0 Å². The molecule has 0 saturated heterocycles. The summed E-state index contributed by atoms with van der Waals surface area (Å²) in [5.74, 6) is -1.11. The van der Waals surface area contributed by atoms with Crippen LogP contribution in [0.5, 0.6) is 0 Å². The Bertz CT molecular complexity index is 634. The highest BCUT2D eigenvalue weighted by molar-refractivity contribution is 8.04. The molecule has 0 spiro atoms. The van der Waals surface area contributed by atoms with Crippen molar-refractivity contribution in [1.82, 2.24) is 15.0 Å². The molecule has 2 aromatic rings. The molecule has 1 atom stereocenters. The van der Waals surface area contributed by atoms with Crippen molar-refractivity contribution in [3.63, 3.8) is 0 Å². The molecule has 2 heterocycles. The van der Waals surface area contributed by atoms with E-state index in [0.717, 1.165) is 0 Å². The van der Waals surface area contributed by atoms with Crippen molar-refractivity contribution in [2.24, 2.45) is 5.14 Å². The Morgan fingerprint density at radius 3 is 2.37 bits per heavy atom. The minimum Gasteiger partial charge on any atom is -0.279 e. The first-order valence-corrected chi connectivity index (χ1v) is 6.78. The lowest BCUT2D eigenvalue weighted by Crippen LogP contribution is -2.30. The van der Waals surface area contributed by atoms with Crippen LogP contribution in [0.3, 0.4) is 0 Å². The van der Waals surface area contributed by atoms with Crippen molar-refractivity contribution in [3.05, 3.63) is 54.4 Å². The molecule has 19 heavy (non-hydrogen) atoms. The molecule has 2 rings (SSSR count). The number of nitrogens with zero attached hydrogens (tertiary/aromatic N) is 3. The molecule has 1 unspecified atom stereocenters. The third-order valence-corrected chi connectivity index (χ3v) is 3.17. The van der Waals surface area contributed by atoms with Gasteiger partial charge in [0.15, 0.2) is 0 Å². The van der Waals surface area contributed by atoms with E-state index in [2.05, 4.69) is 15.0 Å². The SMILES string of the molecule is NS(=O)(=O)C(=O)C(c1cccnc1)c1ncccn1. The number of rotatable bonds is 3. The fourth-order valence-corrected chi connectivity index (χ4v) is 2.13. The van der Waals surface area contributed by atoms with Gasteiger partial charge in [-0.15, -0.1) is 0 Å². The van der Waals surface area contributed by atoms with Crippen LogP contribution in [0.2, 0.25) is 0 Å². The fourth-order valence-electron chi connectivity index (χ4n) is 1.56. The van der Waals surface area contributed by atoms with Gasteiger partial charge in [-0.2, -0.15) is 0 Å². The second kappa shape index (κ2) is 5.21. The van der Waals surface area contributed by atoms with Crippen LogP contribution in [0.25, 0.3) is 0 Å². The van der Waals surface area contributed by atoms with E-state index in [0.29, 0.717) is 5.56 Å². The van der Waals surface area contributed by atoms with E-state index in [-0.39, 0.29) is 5.82 Å². The Hall–Kier alpha value is -2.19. The highest BCUT2D eigenvalue weighted by Gasteiger charge is 2.33. The van der Waals surface area contributed by atoms with Crippen molar-refractivity contribution in [2.75, 3.05) is 0 Å². The fraction of sp³-hybridized carbons (Fsp3) is 0.0909. The van der Waals surface area contributed by atoms with Gasteiger partial charge in [0.2, 0.25) is 0 Å². The van der Waals surface area contributed by atoms with Gasteiger partial charge in [-0.1, -0.05) is 6.07 Å². The number of pyridine rings is 1. The number of hydrogen-bond acceptors (Lipinski definition) is 6. The molecule has 7 nitrogen and oxygen atoms in total. The first-order chi connectivity index (χ1) is 9.00. The highest BCUT2D eigenvalue weighted by Crippen LogP contribution is 2.23. The summed E-state index contributed by atoms with van der Waals surface area (Å²) in [6.45, 7) is 0. The second-order valence-corrected chi connectivity index (χ2v) is 5.18. The molecule has 0 fully saturated rings. The average molecular weight is 278 g/mol. The van der Waals surface area contributed by atoms with Crippen molar-refractivity contribution >= 4 is 15.1 Å². The van der Waals surface area contributed by atoms with E-state index in [1.54, 1.807) is 18.2 Å². The van der Waals surface area contributed by atoms with Crippen molar-refractivity contribution in [2.45, 2.75) is 5.92 Å². The maximum atomic E-state index is 11.9. The first-order valence-electron chi connectivity index (χ1n) is 5.23. The topological polar surface area (TPSA) is 116 Å². The highest BCUT2D eigenvalue weighted by atomic mass is 32.2. The monoisotopic (exact) mass is 278 g/mol. The Labute approximate surface area is 109 Å². The summed E-state index contributed by atoms with van der Waals surface area (Å²) < 4.78 is 22.5. The smallest absolute Gasteiger partial charge is 0.276 e. The first kappa shape index (κ1) is 13.2. The zero-order valence-corrected chi connectivity index (χ0v) is 10.5. The summed E-state index contributed by atoms with van der Waals surface area (Å²) in [4.78, 5) is 23.6. The van der Waals surface area contributed by atoms with E-state index in [9.17, 15) is 13.2 Å². The van der Waals surface area contributed by atoms with Crippen molar-refractivity contribution < 1.29 is 13.2 Å². The molecule has 0 saturated carbocycles. The summed E-state index contributed by atoms with van der Waals surface area (Å²) in [5, 5.41) is 3.74. The molecular weight excluding hydrogens is 268 g/mol. The maximum absolute atomic E-state index is 11.9. The van der Waals surface area contributed by atoms with Crippen LogP contribution in [0.4, 0.5) is 0 Å².